The van der Waals surface area contributed by atoms with Crippen LogP contribution in [0.4, 0.5) is 5.82 Å². The van der Waals surface area contributed by atoms with Gasteiger partial charge in [0.2, 0.25) is 5.91 Å². The third-order valence-corrected chi connectivity index (χ3v) is 2.40. The number of anilines is 1. The zero-order chi connectivity index (χ0) is 11.6. The van der Waals surface area contributed by atoms with Gasteiger partial charge in [-0.15, -0.1) is 0 Å². The minimum absolute atomic E-state index is 0.455. The average Bonchev–Trinajstić information content (AvgIpc) is 2.42. The lowest BCUT2D eigenvalue weighted by Crippen LogP contribution is -2.32. The predicted molar refractivity (Wildman–Crippen MR) is 57.3 cm³/mol. The van der Waals surface area contributed by atoms with E-state index in [9.17, 15) is 4.79 Å². The topological polar surface area (TPSA) is 94.7 Å². The van der Waals surface area contributed by atoms with Gasteiger partial charge in [-0.3, -0.25) is 4.79 Å². The smallest absolute Gasteiger partial charge is 0.239 e. The van der Waals surface area contributed by atoms with Gasteiger partial charge in [-0.25, -0.2) is 0 Å². The summed E-state index contributed by atoms with van der Waals surface area (Å²) in [5.74, 6) is 0.0996. The van der Waals surface area contributed by atoms with Crippen LogP contribution in [0.15, 0.2) is 0 Å². The average molecular weight is 206 g/mol. The number of H-pyrrole nitrogens is 1. The molecule has 1 atom stereocenters. The monoisotopic (exact) mass is 206 g/mol. The van der Waals surface area contributed by atoms with E-state index in [2.05, 4.69) is 16.4 Å². The van der Waals surface area contributed by atoms with Crippen LogP contribution in [0.2, 0.25) is 0 Å². The molecule has 1 heterocycles. The number of primary amides is 1. The van der Waals surface area contributed by atoms with Gasteiger partial charge in [0.25, 0.3) is 0 Å². The van der Waals surface area contributed by atoms with Gasteiger partial charge in [-0.05, 0) is 26.3 Å². The van der Waals surface area contributed by atoms with E-state index < -0.39 is 11.9 Å². The fourth-order valence-electron chi connectivity index (χ4n) is 1.25. The molecule has 80 valence electrons. The molecule has 4 N–H and O–H groups in total. The van der Waals surface area contributed by atoms with E-state index in [1.165, 1.54) is 0 Å². The summed E-state index contributed by atoms with van der Waals surface area (Å²) in [6.07, 6.45) is 0. The summed E-state index contributed by atoms with van der Waals surface area (Å²) in [7, 11) is 0. The van der Waals surface area contributed by atoms with E-state index in [0.29, 0.717) is 11.4 Å². The van der Waals surface area contributed by atoms with Crippen LogP contribution in [-0.2, 0) is 4.79 Å². The summed E-state index contributed by atoms with van der Waals surface area (Å²) in [6, 6.07) is 1.58. The zero-order valence-corrected chi connectivity index (χ0v) is 9.01. The van der Waals surface area contributed by atoms with Crippen LogP contribution in [0.1, 0.15) is 23.7 Å². The van der Waals surface area contributed by atoms with Crippen LogP contribution in [0.25, 0.3) is 0 Å². The lowest BCUT2D eigenvalue weighted by Gasteiger charge is -2.09. The Kier molecular flexibility index (Phi) is 3.00. The number of nitrogens with two attached hydrogens (primary N) is 1. The van der Waals surface area contributed by atoms with Crippen molar-refractivity contribution in [3.8, 4) is 6.07 Å². The van der Waals surface area contributed by atoms with E-state index in [1.54, 1.807) is 6.92 Å². The molecule has 1 unspecified atom stereocenters. The molecule has 15 heavy (non-hydrogen) atoms. The molecule has 0 saturated heterocycles. The number of aryl methyl sites for hydroxylation is 1. The highest BCUT2D eigenvalue weighted by Crippen LogP contribution is 2.21. The second-order valence-corrected chi connectivity index (χ2v) is 3.51. The van der Waals surface area contributed by atoms with Crippen molar-refractivity contribution in [2.24, 2.45) is 5.73 Å². The van der Waals surface area contributed by atoms with Gasteiger partial charge in [-0.1, -0.05) is 0 Å². The number of rotatable bonds is 3. The number of carbonyl (C=O) groups is 1. The Hall–Kier alpha value is -1.96. The molecule has 0 radical (unpaired) electrons. The highest BCUT2D eigenvalue weighted by molar-refractivity contribution is 5.82. The number of aromatic nitrogens is 1. The molecule has 0 bridgehead atoms. The maximum absolute atomic E-state index is 10.9. The molecule has 0 spiro atoms. The third kappa shape index (κ3) is 2.10. The normalized spacial score (nSPS) is 11.9. The minimum atomic E-state index is -0.505. The second-order valence-electron chi connectivity index (χ2n) is 3.51. The SMILES string of the molecule is Cc1[nH]c(NC(C)C(N)=O)c(C#N)c1C. The lowest BCUT2D eigenvalue weighted by atomic mass is 10.2. The molecule has 1 aromatic heterocycles. The van der Waals surface area contributed by atoms with E-state index >= 15 is 0 Å². The number of hydrogen-bond donors (Lipinski definition) is 3. The molecule has 1 rings (SSSR count). The van der Waals surface area contributed by atoms with Crippen LogP contribution in [0, 0.1) is 25.2 Å². The van der Waals surface area contributed by atoms with Gasteiger partial charge in [-0.2, -0.15) is 5.26 Å². The van der Waals surface area contributed by atoms with Crippen LogP contribution >= 0.6 is 0 Å². The Bertz CT molecular complexity index is 427. The van der Waals surface area contributed by atoms with Gasteiger partial charge in [0, 0.05) is 5.69 Å². The van der Waals surface area contributed by atoms with Gasteiger partial charge in [0.05, 0.1) is 5.56 Å². The van der Waals surface area contributed by atoms with Crippen LogP contribution in [0.5, 0.6) is 0 Å². The number of nitriles is 1. The molecule has 0 fully saturated rings. The molecular weight excluding hydrogens is 192 g/mol. The molecular formula is C10H14N4O. The van der Waals surface area contributed by atoms with Gasteiger partial charge >= 0.3 is 0 Å². The van der Waals surface area contributed by atoms with Gasteiger partial charge in [0.15, 0.2) is 0 Å². The molecule has 5 nitrogen and oxygen atoms in total. The standard InChI is InChI=1S/C10H14N4O/c1-5-6(2)13-10(8(5)4-11)14-7(3)9(12)15/h7,13-14H,1-3H3,(H2,12,15). The molecule has 0 aliphatic heterocycles. The Balaban J connectivity index is 3.01. The van der Waals surface area contributed by atoms with Crippen LogP contribution < -0.4 is 11.1 Å². The number of nitrogens with one attached hydrogen (secondary N) is 2. The Morgan fingerprint density at radius 3 is 2.67 bits per heavy atom. The number of nitrogens with zero attached hydrogens (tertiary/aromatic N) is 1. The highest BCUT2D eigenvalue weighted by atomic mass is 16.1. The molecule has 5 heteroatoms. The molecule has 0 saturated carbocycles. The van der Waals surface area contributed by atoms with Crippen molar-refractivity contribution in [3.05, 3.63) is 16.8 Å². The Labute approximate surface area is 88.3 Å². The fourth-order valence-corrected chi connectivity index (χ4v) is 1.25. The summed E-state index contributed by atoms with van der Waals surface area (Å²) in [4.78, 5) is 13.9. The molecule has 1 aromatic rings. The third-order valence-electron chi connectivity index (χ3n) is 2.40. The molecule has 1 amide bonds. The first-order valence-corrected chi connectivity index (χ1v) is 4.62. The molecule has 0 aliphatic rings. The van der Waals surface area contributed by atoms with Crippen LogP contribution in [-0.4, -0.2) is 16.9 Å². The quantitative estimate of drug-likeness (QED) is 0.682. The number of aromatic amines is 1. The minimum Gasteiger partial charge on any atom is -0.368 e. The van der Waals surface area contributed by atoms with E-state index in [-0.39, 0.29) is 0 Å². The molecule has 0 aliphatic carbocycles. The first-order valence-electron chi connectivity index (χ1n) is 4.62. The number of amides is 1. The summed E-state index contributed by atoms with van der Waals surface area (Å²) < 4.78 is 0. The van der Waals surface area contributed by atoms with Crippen molar-refractivity contribution in [2.45, 2.75) is 26.8 Å². The Morgan fingerprint density at radius 1 is 1.60 bits per heavy atom. The maximum Gasteiger partial charge on any atom is 0.239 e. The lowest BCUT2D eigenvalue weighted by molar-refractivity contribution is -0.118. The van der Waals surface area contributed by atoms with E-state index in [4.69, 9.17) is 11.0 Å². The Morgan fingerprint density at radius 2 is 2.20 bits per heavy atom. The zero-order valence-electron chi connectivity index (χ0n) is 9.01. The number of hydrogen-bond acceptors (Lipinski definition) is 3. The first kappa shape index (κ1) is 11.1. The first-order chi connectivity index (χ1) is 6.97. The predicted octanol–water partition coefficient (Wildman–Crippen LogP) is 0.789. The largest absolute Gasteiger partial charge is 0.368 e. The van der Waals surface area contributed by atoms with Crippen molar-refractivity contribution >= 4 is 11.7 Å². The van der Waals surface area contributed by atoms with Crippen molar-refractivity contribution in [1.82, 2.24) is 4.98 Å². The van der Waals surface area contributed by atoms with Crippen molar-refractivity contribution in [3.63, 3.8) is 0 Å². The van der Waals surface area contributed by atoms with Crippen LogP contribution in [0.3, 0.4) is 0 Å². The summed E-state index contributed by atoms with van der Waals surface area (Å²) >= 11 is 0. The fraction of sp³-hybridized carbons (Fsp3) is 0.400. The van der Waals surface area contributed by atoms with E-state index in [1.807, 2.05) is 13.8 Å². The highest BCUT2D eigenvalue weighted by Gasteiger charge is 2.15. The molecule has 0 aromatic carbocycles. The second kappa shape index (κ2) is 4.05. The summed E-state index contributed by atoms with van der Waals surface area (Å²) in [5, 5.41) is 11.8. The van der Waals surface area contributed by atoms with Crippen molar-refractivity contribution in [1.29, 1.82) is 5.26 Å². The number of carbonyl (C=O) groups excluding carboxylic acids is 1. The van der Waals surface area contributed by atoms with E-state index in [0.717, 1.165) is 11.3 Å². The van der Waals surface area contributed by atoms with Crippen molar-refractivity contribution in [2.75, 3.05) is 5.32 Å². The summed E-state index contributed by atoms with van der Waals surface area (Å²) in [5.41, 5.74) is 7.44. The van der Waals surface area contributed by atoms with Gasteiger partial charge < -0.3 is 16.0 Å². The maximum atomic E-state index is 10.9. The van der Waals surface area contributed by atoms with Gasteiger partial charge in [0.1, 0.15) is 17.9 Å². The summed E-state index contributed by atoms with van der Waals surface area (Å²) in [6.45, 7) is 5.37. The van der Waals surface area contributed by atoms with Crippen molar-refractivity contribution < 1.29 is 4.79 Å².